The molecule has 1 atom stereocenters. The predicted octanol–water partition coefficient (Wildman–Crippen LogP) is 1.51. The summed E-state index contributed by atoms with van der Waals surface area (Å²) in [7, 11) is -3.13. The summed E-state index contributed by atoms with van der Waals surface area (Å²) in [5, 5.41) is 3.33. The Bertz CT molecular complexity index is 363. The largest absolute Gasteiger partial charge is 0.313 e. The molecule has 1 aliphatic rings. The average molecular weight is 320 g/mol. The van der Waals surface area contributed by atoms with Crippen LogP contribution in [0.2, 0.25) is 0 Å². The lowest BCUT2D eigenvalue weighted by Gasteiger charge is -2.27. The Kier molecular flexibility index (Phi) is 8.78. The minimum absolute atomic E-state index is 0.139. The molecule has 1 fully saturated rings. The van der Waals surface area contributed by atoms with Gasteiger partial charge in [-0.05, 0) is 45.4 Å². The minimum atomic E-state index is -3.13. The second-order valence-corrected chi connectivity index (χ2v) is 7.81. The van der Waals surface area contributed by atoms with E-state index >= 15 is 0 Å². The third-order valence-electron chi connectivity index (χ3n) is 4.35. The van der Waals surface area contributed by atoms with Gasteiger partial charge in [-0.3, -0.25) is 0 Å². The third-order valence-corrected chi connectivity index (χ3v) is 6.40. The summed E-state index contributed by atoms with van der Waals surface area (Å²) in [6, 6.07) is 0.139. The molecule has 0 aromatic rings. The van der Waals surface area contributed by atoms with E-state index in [1.807, 2.05) is 6.92 Å². The van der Waals surface area contributed by atoms with Gasteiger partial charge in [0.2, 0.25) is 10.0 Å². The van der Waals surface area contributed by atoms with Gasteiger partial charge in [-0.1, -0.05) is 27.2 Å². The van der Waals surface area contributed by atoms with E-state index in [2.05, 4.69) is 24.1 Å². The zero-order chi connectivity index (χ0) is 15.7. The summed E-state index contributed by atoms with van der Waals surface area (Å²) in [6.45, 7) is 11.4. The van der Waals surface area contributed by atoms with Gasteiger partial charge in [0.1, 0.15) is 0 Å². The normalized spacial score (nSPS) is 20.3. The number of hydrogen-bond donors (Lipinski definition) is 1. The van der Waals surface area contributed by atoms with Crippen molar-refractivity contribution in [2.24, 2.45) is 0 Å². The van der Waals surface area contributed by atoms with Gasteiger partial charge in [0.15, 0.2) is 0 Å². The van der Waals surface area contributed by atoms with Crippen LogP contribution in [0.1, 0.15) is 46.5 Å². The first-order chi connectivity index (χ1) is 10.0. The van der Waals surface area contributed by atoms with E-state index in [0.29, 0.717) is 13.1 Å². The Hall–Kier alpha value is -0.170. The highest BCUT2D eigenvalue weighted by molar-refractivity contribution is 7.89. The second-order valence-electron chi connectivity index (χ2n) is 5.80. The van der Waals surface area contributed by atoms with Crippen LogP contribution in [0.5, 0.6) is 0 Å². The van der Waals surface area contributed by atoms with E-state index in [-0.39, 0.29) is 11.8 Å². The molecule has 0 aromatic heterocycles. The summed E-state index contributed by atoms with van der Waals surface area (Å²) >= 11 is 0. The molecule has 0 radical (unpaired) electrons. The van der Waals surface area contributed by atoms with Crippen molar-refractivity contribution in [1.82, 2.24) is 14.5 Å². The Morgan fingerprint density at radius 1 is 1.05 bits per heavy atom. The molecule has 6 heteroatoms. The van der Waals surface area contributed by atoms with Crippen molar-refractivity contribution in [3.05, 3.63) is 0 Å². The van der Waals surface area contributed by atoms with Crippen molar-refractivity contribution in [3.63, 3.8) is 0 Å². The van der Waals surface area contributed by atoms with Gasteiger partial charge in [0.05, 0.1) is 5.75 Å². The smallest absolute Gasteiger partial charge is 0.215 e. The van der Waals surface area contributed by atoms with Crippen molar-refractivity contribution in [2.45, 2.75) is 52.5 Å². The van der Waals surface area contributed by atoms with Crippen LogP contribution in [0.25, 0.3) is 0 Å². The molecule has 0 aromatic carbocycles. The monoisotopic (exact) mass is 319 g/mol. The van der Waals surface area contributed by atoms with E-state index in [1.165, 1.54) is 0 Å². The highest BCUT2D eigenvalue weighted by Crippen LogP contribution is 2.12. The van der Waals surface area contributed by atoms with Crippen LogP contribution >= 0.6 is 0 Å². The number of hydrogen-bond acceptors (Lipinski definition) is 4. The SMILES string of the molecule is CCN(CC)CCCN(CC)S(=O)(=O)CC1CCCCN1. The van der Waals surface area contributed by atoms with Crippen molar-refractivity contribution in [2.75, 3.05) is 45.0 Å². The lowest BCUT2D eigenvalue weighted by molar-refractivity contribution is 0.285. The molecule has 1 heterocycles. The maximum absolute atomic E-state index is 12.5. The Labute approximate surface area is 131 Å². The van der Waals surface area contributed by atoms with Crippen LogP contribution in [0.15, 0.2) is 0 Å². The lowest BCUT2D eigenvalue weighted by Crippen LogP contribution is -2.44. The number of rotatable bonds is 10. The predicted molar refractivity (Wildman–Crippen MR) is 89.1 cm³/mol. The maximum Gasteiger partial charge on any atom is 0.215 e. The van der Waals surface area contributed by atoms with Gasteiger partial charge in [-0.2, -0.15) is 0 Å². The first-order valence-corrected chi connectivity index (χ1v) is 10.1. The average Bonchev–Trinajstić information content (AvgIpc) is 2.48. The van der Waals surface area contributed by atoms with E-state index in [1.54, 1.807) is 4.31 Å². The van der Waals surface area contributed by atoms with Crippen molar-refractivity contribution < 1.29 is 8.42 Å². The lowest BCUT2D eigenvalue weighted by atomic mass is 10.1. The Morgan fingerprint density at radius 2 is 1.76 bits per heavy atom. The fraction of sp³-hybridized carbons (Fsp3) is 1.00. The van der Waals surface area contributed by atoms with Crippen molar-refractivity contribution >= 4 is 10.0 Å². The zero-order valence-corrected chi connectivity index (χ0v) is 14.8. The first-order valence-electron chi connectivity index (χ1n) is 8.47. The van der Waals surface area contributed by atoms with Gasteiger partial charge in [-0.25, -0.2) is 12.7 Å². The zero-order valence-electron chi connectivity index (χ0n) is 14.0. The molecular formula is C15H33N3O2S. The van der Waals surface area contributed by atoms with Crippen molar-refractivity contribution in [3.8, 4) is 0 Å². The van der Waals surface area contributed by atoms with E-state index < -0.39 is 10.0 Å². The maximum atomic E-state index is 12.5. The summed E-state index contributed by atoms with van der Waals surface area (Å²) in [5.41, 5.74) is 0. The van der Waals surface area contributed by atoms with Crippen LogP contribution in [-0.4, -0.2) is 68.7 Å². The molecule has 0 amide bonds. The first kappa shape index (κ1) is 18.9. The standard InChI is InChI=1S/C15H33N3O2S/c1-4-17(5-2)12-9-13-18(6-3)21(19,20)14-15-10-7-8-11-16-15/h15-16H,4-14H2,1-3H3. The number of nitrogens with zero attached hydrogens (tertiary/aromatic N) is 2. The minimum Gasteiger partial charge on any atom is -0.313 e. The number of sulfonamides is 1. The number of nitrogens with one attached hydrogen (secondary N) is 1. The van der Waals surface area contributed by atoms with Crippen LogP contribution in [0.4, 0.5) is 0 Å². The summed E-state index contributed by atoms with van der Waals surface area (Å²) in [5.74, 6) is 0.256. The molecule has 0 saturated carbocycles. The molecule has 1 aliphatic heterocycles. The van der Waals surface area contributed by atoms with E-state index in [9.17, 15) is 8.42 Å². The Balaban J connectivity index is 2.44. The molecule has 5 nitrogen and oxygen atoms in total. The quantitative estimate of drug-likeness (QED) is 0.663. The topological polar surface area (TPSA) is 52.7 Å². The van der Waals surface area contributed by atoms with Gasteiger partial charge < -0.3 is 10.2 Å². The van der Waals surface area contributed by atoms with Crippen molar-refractivity contribution in [1.29, 1.82) is 0 Å². The fourth-order valence-corrected chi connectivity index (χ4v) is 4.73. The molecule has 21 heavy (non-hydrogen) atoms. The molecule has 126 valence electrons. The van der Waals surface area contributed by atoms with Gasteiger partial charge in [0, 0.05) is 19.1 Å². The summed E-state index contributed by atoms with van der Waals surface area (Å²) in [6.07, 6.45) is 4.20. The highest BCUT2D eigenvalue weighted by atomic mass is 32.2. The fourth-order valence-electron chi connectivity index (χ4n) is 2.93. The van der Waals surface area contributed by atoms with Crippen LogP contribution < -0.4 is 5.32 Å². The summed E-state index contributed by atoms with van der Waals surface area (Å²) in [4.78, 5) is 2.34. The van der Waals surface area contributed by atoms with Gasteiger partial charge in [0.25, 0.3) is 0 Å². The van der Waals surface area contributed by atoms with Gasteiger partial charge in [-0.15, -0.1) is 0 Å². The molecule has 0 spiro atoms. The molecule has 1 unspecified atom stereocenters. The molecule has 1 N–H and O–H groups in total. The van der Waals surface area contributed by atoms with Crippen LogP contribution in [0.3, 0.4) is 0 Å². The molecular weight excluding hydrogens is 286 g/mol. The molecule has 1 saturated heterocycles. The van der Waals surface area contributed by atoms with Crippen LogP contribution in [0, 0.1) is 0 Å². The van der Waals surface area contributed by atoms with Gasteiger partial charge >= 0.3 is 0 Å². The molecule has 1 rings (SSSR count). The molecule has 0 aliphatic carbocycles. The highest BCUT2D eigenvalue weighted by Gasteiger charge is 2.25. The van der Waals surface area contributed by atoms with Crippen LogP contribution in [-0.2, 0) is 10.0 Å². The third kappa shape index (κ3) is 6.63. The van der Waals surface area contributed by atoms with E-state index in [4.69, 9.17) is 0 Å². The van der Waals surface area contributed by atoms with E-state index in [0.717, 1.165) is 51.9 Å². The Morgan fingerprint density at radius 3 is 2.29 bits per heavy atom. The molecule has 0 bridgehead atoms. The second kappa shape index (κ2) is 9.77. The number of piperidine rings is 1. The summed E-state index contributed by atoms with van der Waals surface area (Å²) < 4.78 is 26.7.